The van der Waals surface area contributed by atoms with Crippen LogP contribution in [0.25, 0.3) is 0 Å². The Kier molecular flexibility index (Phi) is 6.51. The Bertz CT molecular complexity index is 448. The highest BCUT2D eigenvalue weighted by Crippen LogP contribution is 2.30. The van der Waals surface area contributed by atoms with Gasteiger partial charge in [-0.15, -0.1) is 12.4 Å². The lowest BCUT2D eigenvalue weighted by Crippen LogP contribution is -2.52. The van der Waals surface area contributed by atoms with E-state index < -0.39 is 0 Å². The smallest absolute Gasteiger partial charge is 0.124 e. The Morgan fingerprint density at radius 1 is 1.33 bits per heavy atom. The third-order valence-corrected chi connectivity index (χ3v) is 4.12. The van der Waals surface area contributed by atoms with E-state index in [4.69, 9.17) is 10.5 Å². The van der Waals surface area contributed by atoms with Crippen molar-refractivity contribution < 1.29 is 4.74 Å². The van der Waals surface area contributed by atoms with Crippen LogP contribution in [0.15, 0.2) is 24.3 Å². The predicted octanol–water partition coefficient (Wildman–Crippen LogP) is 3.45. The van der Waals surface area contributed by atoms with Gasteiger partial charge in [0.2, 0.25) is 0 Å². The van der Waals surface area contributed by atoms with Crippen LogP contribution in [0.3, 0.4) is 0 Å². The molecule has 0 saturated carbocycles. The van der Waals surface area contributed by atoms with Crippen LogP contribution < -0.4 is 10.5 Å². The Balaban J connectivity index is 0.00000220. The molecule has 0 aromatic heterocycles. The maximum Gasteiger partial charge on any atom is 0.124 e. The van der Waals surface area contributed by atoms with Crippen molar-refractivity contribution in [3.8, 4) is 5.75 Å². The van der Waals surface area contributed by atoms with Crippen LogP contribution in [0.4, 0.5) is 0 Å². The van der Waals surface area contributed by atoms with E-state index >= 15 is 0 Å². The number of hydrogen-bond acceptors (Lipinski definition) is 3. The van der Waals surface area contributed by atoms with Gasteiger partial charge in [0.05, 0.1) is 6.10 Å². The molecule has 4 heteroatoms. The van der Waals surface area contributed by atoms with E-state index in [1.807, 2.05) is 6.07 Å². The predicted molar refractivity (Wildman–Crippen MR) is 91.1 cm³/mol. The molecule has 1 fully saturated rings. The van der Waals surface area contributed by atoms with Crippen molar-refractivity contribution in [3.63, 3.8) is 0 Å². The fraction of sp³-hybridized carbons (Fsp3) is 0.647. The summed E-state index contributed by atoms with van der Waals surface area (Å²) >= 11 is 0. The maximum absolute atomic E-state index is 6.21. The summed E-state index contributed by atoms with van der Waals surface area (Å²) in [5, 5.41) is 0. The SMILES string of the molecule is CC(C)Oc1ccccc1CN1CCC(N)C(C)(C)C1.Cl. The summed E-state index contributed by atoms with van der Waals surface area (Å²) in [6.07, 6.45) is 1.28. The molecule has 1 aliphatic heterocycles. The summed E-state index contributed by atoms with van der Waals surface area (Å²) in [4.78, 5) is 2.49. The van der Waals surface area contributed by atoms with E-state index in [1.165, 1.54) is 5.56 Å². The number of halogens is 1. The molecule has 2 rings (SSSR count). The van der Waals surface area contributed by atoms with Crippen molar-refractivity contribution in [1.29, 1.82) is 0 Å². The molecule has 21 heavy (non-hydrogen) atoms. The van der Waals surface area contributed by atoms with Crippen LogP contribution in [0, 0.1) is 5.41 Å². The molecule has 2 N–H and O–H groups in total. The van der Waals surface area contributed by atoms with Crippen LogP contribution in [0.2, 0.25) is 0 Å². The molecule has 0 radical (unpaired) electrons. The first kappa shape index (κ1) is 18.3. The van der Waals surface area contributed by atoms with Crippen molar-refractivity contribution in [2.45, 2.75) is 52.8 Å². The van der Waals surface area contributed by atoms with Gasteiger partial charge in [0.15, 0.2) is 0 Å². The summed E-state index contributed by atoms with van der Waals surface area (Å²) in [6.45, 7) is 11.7. The van der Waals surface area contributed by atoms with Gasteiger partial charge in [-0.1, -0.05) is 32.0 Å². The number of nitrogens with two attached hydrogens (primary N) is 1. The zero-order valence-corrected chi connectivity index (χ0v) is 14.5. The quantitative estimate of drug-likeness (QED) is 0.925. The second-order valence-electron chi connectivity index (χ2n) is 6.87. The number of hydrogen-bond donors (Lipinski definition) is 1. The summed E-state index contributed by atoms with van der Waals surface area (Å²) in [6, 6.07) is 8.66. The molecule has 1 aromatic carbocycles. The molecule has 0 aliphatic carbocycles. The van der Waals surface area contributed by atoms with Crippen molar-refractivity contribution in [3.05, 3.63) is 29.8 Å². The molecule has 0 spiro atoms. The Morgan fingerprint density at radius 2 is 2.00 bits per heavy atom. The lowest BCUT2D eigenvalue weighted by Gasteiger charge is -2.42. The Hall–Kier alpha value is -0.770. The molecule has 0 amide bonds. The number of ether oxygens (including phenoxy) is 1. The minimum atomic E-state index is 0. The number of piperidine rings is 1. The standard InChI is InChI=1S/C17H28N2O.ClH/c1-13(2)20-15-8-6-5-7-14(15)11-19-10-9-16(18)17(3,4)12-19;/h5-8,13,16H,9-12,18H2,1-4H3;1H. The number of likely N-dealkylation sites (tertiary alicyclic amines) is 1. The van der Waals surface area contributed by atoms with E-state index in [9.17, 15) is 0 Å². The van der Waals surface area contributed by atoms with Crippen molar-refractivity contribution >= 4 is 12.4 Å². The van der Waals surface area contributed by atoms with Crippen molar-refractivity contribution in [2.75, 3.05) is 13.1 Å². The third-order valence-electron chi connectivity index (χ3n) is 4.12. The largest absolute Gasteiger partial charge is 0.491 e. The molecular weight excluding hydrogens is 284 g/mol. The topological polar surface area (TPSA) is 38.5 Å². The van der Waals surface area contributed by atoms with Gasteiger partial charge in [-0.25, -0.2) is 0 Å². The van der Waals surface area contributed by atoms with Gasteiger partial charge in [-0.2, -0.15) is 0 Å². The van der Waals surface area contributed by atoms with Gasteiger partial charge in [0.1, 0.15) is 5.75 Å². The number of para-hydroxylation sites is 1. The van der Waals surface area contributed by atoms with Crippen molar-refractivity contribution in [1.82, 2.24) is 4.90 Å². The first-order valence-corrected chi connectivity index (χ1v) is 7.61. The molecular formula is C17H29ClN2O. The average Bonchev–Trinajstić information content (AvgIpc) is 2.35. The lowest BCUT2D eigenvalue weighted by molar-refractivity contribution is 0.0886. The first-order valence-electron chi connectivity index (χ1n) is 7.61. The van der Waals surface area contributed by atoms with Crippen LogP contribution in [-0.4, -0.2) is 30.1 Å². The maximum atomic E-state index is 6.21. The lowest BCUT2D eigenvalue weighted by atomic mass is 9.79. The highest BCUT2D eigenvalue weighted by Gasteiger charge is 2.33. The number of benzene rings is 1. The van der Waals surface area contributed by atoms with E-state index in [-0.39, 0.29) is 23.9 Å². The van der Waals surface area contributed by atoms with Gasteiger partial charge >= 0.3 is 0 Å². The van der Waals surface area contributed by atoms with Crippen LogP contribution in [0.5, 0.6) is 5.75 Å². The van der Waals surface area contributed by atoms with E-state index in [0.717, 1.165) is 31.8 Å². The van der Waals surface area contributed by atoms with Crippen LogP contribution >= 0.6 is 12.4 Å². The molecule has 0 bridgehead atoms. The zero-order valence-electron chi connectivity index (χ0n) is 13.6. The van der Waals surface area contributed by atoms with E-state index in [1.54, 1.807) is 0 Å². The molecule has 1 heterocycles. The molecule has 1 aromatic rings. The Labute approximate surface area is 135 Å². The summed E-state index contributed by atoms with van der Waals surface area (Å²) in [5.74, 6) is 1.01. The zero-order chi connectivity index (χ0) is 14.8. The minimum absolute atomic E-state index is 0. The highest BCUT2D eigenvalue weighted by atomic mass is 35.5. The van der Waals surface area contributed by atoms with E-state index in [2.05, 4.69) is 50.8 Å². The van der Waals surface area contributed by atoms with Gasteiger partial charge < -0.3 is 10.5 Å². The third kappa shape index (κ3) is 4.87. The molecule has 120 valence electrons. The normalized spacial score (nSPS) is 21.9. The van der Waals surface area contributed by atoms with Gasteiger partial charge in [0, 0.05) is 31.2 Å². The summed E-state index contributed by atoms with van der Waals surface area (Å²) in [5.41, 5.74) is 7.67. The van der Waals surface area contributed by atoms with Crippen LogP contribution in [0.1, 0.15) is 39.7 Å². The first-order chi connectivity index (χ1) is 9.38. The summed E-state index contributed by atoms with van der Waals surface area (Å²) in [7, 11) is 0. The second kappa shape index (κ2) is 7.48. The molecule has 1 atom stereocenters. The Morgan fingerprint density at radius 3 is 2.62 bits per heavy atom. The fourth-order valence-corrected chi connectivity index (χ4v) is 2.86. The van der Waals surface area contributed by atoms with Crippen molar-refractivity contribution in [2.24, 2.45) is 11.1 Å². The van der Waals surface area contributed by atoms with E-state index in [0.29, 0.717) is 6.04 Å². The highest BCUT2D eigenvalue weighted by molar-refractivity contribution is 5.85. The average molecular weight is 313 g/mol. The summed E-state index contributed by atoms with van der Waals surface area (Å²) < 4.78 is 5.91. The minimum Gasteiger partial charge on any atom is -0.491 e. The fourth-order valence-electron chi connectivity index (χ4n) is 2.86. The van der Waals surface area contributed by atoms with Crippen LogP contribution in [-0.2, 0) is 6.54 Å². The van der Waals surface area contributed by atoms with Gasteiger partial charge in [-0.05, 0) is 31.7 Å². The second-order valence-corrected chi connectivity index (χ2v) is 6.87. The molecule has 1 saturated heterocycles. The molecule has 1 aliphatic rings. The molecule has 3 nitrogen and oxygen atoms in total. The number of nitrogens with zero attached hydrogens (tertiary/aromatic N) is 1. The number of rotatable bonds is 4. The monoisotopic (exact) mass is 312 g/mol. The van der Waals surface area contributed by atoms with Gasteiger partial charge in [0.25, 0.3) is 0 Å². The van der Waals surface area contributed by atoms with Gasteiger partial charge in [-0.3, -0.25) is 4.90 Å². The molecule has 1 unspecified atom stereocenters.